The highest BCUT2D eigenvalue weighted by atomic mass is 16.5. The van der Waals surface area contributed by atoms with Crippen LogP contribution in [0.15, 0.2) is 54.6 Å². The van der Waals surface area contributed by atoms with E-state index in [-0.39, 0.29) is 17.4 Å². The molecular weight excluding hydrogens is 472 g/mol. The number of benzene rings is 2. The zero-order valence-corrected chi connectivity index (χ0v) is 23.4. The summed E-state index contributed by atoms with van der Waals surface area (Å²) in [4.78, 5) is 17.8. The molecule has 5 nitrogen and oxygen atoms in total. The van der Waals surface area contributed by atoms with Gasteiger partial charge in [-0.05, 0) is 93.5 Å². The minimum atomic E-state index is -0.787. The Balaban J connectivity index is 1.24. The van der Waals surface area contributed by atoms with E-state index in [1.807, 2.05) is 24.1 Å². The van der Waals surface area contributed by atoms with Crippen molar-refractivity contribution in [1.82, 2.24) is 9.80 Å². The van der Waals surface area contributed by atoms with Gasteiger partial charge in [0.1, 0.15) is 5.75 Å². The Bertz CT molecular complexity index is 1070. The van der Waals surface area contributed by atoms with E-state index in [0.717, 1.165) is 88.2 Å². The number of rotatable bonds is 11. The third-order valence-electron chi connectivity index (χ3n) is 9.68. The summed E-state index contributed by atoms with van der Waals surface area (Å²) < 4.78 is 5.59. The predicted octanol–water partition coefficient (Wildman–Crippen LogP) is 5.59. The van der Waals surface area contributed by atoms with Crippen molar-refractivity contribution in [3.63, 3.8) is 0 Å². The van der Waals surface area contributed by atoms with Crippen LogP contribution in [0.1, 0.15) is 75.3 Å². The second-order valence-electron chi connectivity index (χ2n) is 12.2. The van der Waals surface area contributed by atoms with E-state index in [1.165, 1.54) is 18.4 Å². The van der Waals surface area contributed by atoms with Crippen LogP contribution in [0.3, 0.4) is 0 Å². The Morgan fingerprint density at radius 2 is 1.87 bits per heavy atom. The first-order valence-corrected chi connectivity index (χ1v) is 14.8. The second kappa shape index (κ2) is 11.8. The summed E-state index contributed by atoms with van der Waals surface area (Å²) in [5.74, 6) is 1.89. The minimum absolute atomic E-state index is 0.147. The predicted molar refractivity (Wildman–Crippen MR) is 152 cm³/mol. The molecule has 1 aliphatic heterocycles. The van der Waals surface area contributed by atoms with Crippen LogP contribution in [-0.2, 0) is 16.6 Å². The molecule has 38 heavy (non-hydrogen) atoms. The molecule has 2 aliphatic carbocycles. The largest absolute Gasteiger partial charge is 0.497 e. The molecule has 0 unspecified atom stereocenters. The highest BCUT2D eigenvalue weighted by Crippen LogP contribution is 2.53. The normalized spacial score (nSPS) is 27.5. The number of ether oxygens (including phenoxy) is 1. The Kier molecular flexibility index (Phi) is 8.44. The first kappa shape index (κ1) is 27.2. The van der Waals surface area contributed by atoms with E-state index >= 15 is 0 Å². The monoisotopic (exact) mass is 518 g/mol. The Morgan fingerprint density at radius 1 is 1.05 bits per heavy atom. The fourth-order valence-corrected chi connectivity index (χ4v) is 7.11. The number of fused-ring (bicyclic) bond motifs is 1. The molecular formula is C33H46N2O3. The Labute approximate surface area is 229 Å². The lowest BCUT2D eigenvalue weighted by Crippen LogP contribution is -2.67. The van der Waals surface area contributed by atoms with E-state index in [9.17, 15) is 9.90 Å². The quantitative estimate of drug-likeness (QED) is 0.394. The van der Waals surface area contributed by atoms with Crippen LogP contribution in [0.5, 0.6) is 5.75 Å². The van der Waals surface area contributed by atoms with E-state index in [1.54, 1.807) is 7.11 Å². The van der Waals surface area contributed by atoms with Crippen molar-refractivity contribution >= 4 is 5.91 Å². The van der Waals surface area contributed by atoms with Crippen molar-refractivity contribution in [3.8, 4) is 5.75 Å². The van der Waals surface area contributed by atoms with Gasteiger partial charge in [0.05, 0.1) is 12.7 Å². The number of methoxy groups -OCH3 is 1. The zero-order chi connectivity index (χ0) is 26.6. The Morgan fingerprint density at radius 3 is 2.63 bits per heavy atom. The number of piperidine rings is 1. The van der Waals surface area contributed by atoms with Gasteiger partial charge in [-0.25, -0.2) is 0 Å². The number of hydrogen-bond donors (Lipinski definition) is 1. The summed E-state index contributed by atoms with van der Waals surface area (Å²) in [5, 5.41) is 12.3. The van der Waals surface area contributed by atoms with Gasteiger partial charge in [-0.2, -0.15) is 0 Å². The molecule has 3 atom stereocenters. The number of amides is 1. The molecule has 3 fully saturated rings. The number of unbranched alkanes of at least 4 members (excludes halogenated alkanes) is 2. The number of carbonyl (C=O) groups excluding carboxylic acids is 1. The number of carbonyl (C=O) groups is 1. The van der Waals surface area contributed by atoms with Gasteiger partial charge in [-0.15, -0.1) is 0 Å². The van der Waals surface area contributed by atoms with Crippen molar-refractivity contribution in [2.75, 3.05) is 33.8 Å². The maximum atomic E-state index is 13.3. The molecule has 1 saturated heterocycles. The van der Waals surface area contributed by atoms with Crippen LogP contribution >= 0.6 is 0 Å². The average molecular weight is 519 g/mol. The summed E-state index contributed by atoms with van der Waals surface area (Å²) in [6, 6.07) is 19.1. The first-order valence-electron chi connectivity index (χ1n) is 14.8. The number of β-amino-alcohol motifs (C(OH)–C–C–N with tert-alkyl or cyclic N) is 1. The van der Waals surface area contributed by atoms with Gasteiger partial charge in [0.15, 0.2) is 0 Å². The van der Waals surface area contributed by atoms with Gasteiger partial charge < -0.3 is 19.6 Å². The molecule has 206 valence electrons. The van der Waals surface area contributed by atoms with E-state index in [4.69, 9.17) is 4.74 Å². The molecule has 3 aliphatic rings. The molecule has 2 saturated carbocycles. The lowest BCUT2D eigenvalue weighted by atomic mass is 9.55. The number of aliphatic hydroxyl groups is 1. The molecule has 5 rings (SSSR count). The van der Waals surface area contributed by atoms with E-state index < -0.39 is 5.60 Å². The van der Waals surface area contributed by atoms with Gasteiger partial charge in [-0.1, -0.05) is 48.9 Å². The molecule has 0 aromatic heterocycles. The first-order chi connectivity index (χ1) is 18.4. The Hall–Kier alpha value is -2.37. The lowest BCUT2D eigenvalue weighted by Gasteiger charge is -2.59. The zero-order valence-electron chi connectivity index (χ0n) is 23.4. The third-order valence-corrected chi connectivity index (χ3v) is 9.68. The second-order valence-corrected chi connectivity index (χ2v) is 12.2. The molecule has 0 spiro atoms. The smallest absolute Gasteiger partial charge is 0.222 e. The molecule has 1 amide bonds. The van der Waals surface area contributed by atoms with Crippen molar-refractivity contribution in [3.05, 3.63) is 65.7 Å². The topological polar surface area (TPSA) is 53.0 Å². The number of aryl methyl sites for hydroxylation is 1. The van der Waals surface area contributed by atoms with Crippen molar-refractivity contribution in [1.29, 1.82) is 0 Å². The fourth-order valence-electron chi connectivity index (χ4n) is 7.11. The highest BCUT2D eigenvalue weighted by Gasteiger charge is 2.58. The summed E-state index contributed by atoms with van der Waals surface area (Å²) in [5.41, 5.74) is 1.38. The molecule has 2 aromatic carbocycles. The molecule has 1 N–H and O–H groups in total. The van der Waals surface area contributed by atoms with Crippen molar-refractivity contribution in [2.24, 2.45) is 5.92 Å². The van der Waals surface area contributed by atoms with E-state index in [2.05, 4.69) is 47.4 Å². The SMILES string of the molecule is COc1cccc([C@@]23CCN(CC4CC4)C[C@@]2(O)CC[C@@H](N(C)C(=O)CCCCCc2ccccc2)C3)c1. The lowest BCUT2D eigenvalue weighted by molar-refractivity contribution is -0.148. The maximum Gasteiger partial charge on any atom is 0.222 e. The van der Waals surface area contributed by atoms with Crippen LogP contribution < -0.4 is 4.74 Å². The van der Waals surface area contributed by atoms with Crippen molar-refractivity contribution in [2.45, 2.75) is 87.7 Å². The summed E-state index contributed by atoms with van der Waals surface area (Å²) in [6.45, 7) is 2.84. The summed E-state index contributed by atoms with van der Waals surface area (Å²) in [7, 11) is 3.69. The fraction of sp³-hybridized carbons (Fsp3) is 0.606. The van der Waals surface area contributed by atoms with Gasteiger partial charge in [0.25, 0.3) is 0 Å². The standard InChI is InChI=1S/C33H46N2O3/c1-34(31(36)15-8-4-7-12-26-10-5-3-6-11-26)29-18-19-33(37)25-35(24-27-16-17-27)21-20-32(33,23-29)28-13-9-14-30(22-28)38-2/h3,5-6,9-11,13-14,22,27,29,37H,4,7-8,12,15-21,23-25H2,1-2H3/t29-,32+,33+/m1/s1. The van der Waals surface area contributed by atoms with Gasteiger partial charge in [0, 0.05) is 38.0 Å². The number of likely N-dealkylation sites (tertiary alicyclic amines) is 1. The van der Waals surface area contributed by atoms with Gasteiger partial charge in [0.2, 0.25) is 5.91 Å². The van der Waals surface area contributed by atoms with Crippen LogP contribution in [0.25, 0.3) is 0 Å². The molecule has 1 heterocycles. The molecule has 2 aromatic rings. The van der Waals surface area contributed by atoms with Gasteiger partial charge in [-0.3, -0.25) is 4.79 Å². The van der Waals surface area contributed by atoms with Crippen LogP contribution in [0.2, 0.25) is 0 Å². The molecule has 0 bridgehead atoms. The maximum absolute atomic E-state index is 13.3. The van der Waals surface area contributed by atoms with E-state index in [0.29, 0.717) is 6.42 Å². The third kappa shape index (κ3) is 5.94. The van der Waals surface area contributed by atoms with Gasteiger partial charge >= 0.3 is 0 Å². The highest BCUT2D eigenvalue weighted by molar-refractivity contribution is 5.76. The summed E-state index contributed by atoms with van der Waals surface area (Å²) in [6.07, 6.45) is 10.8. The van der Waals surface area contributed by atoms with Crippen LogP contribution in [0, 0.1) is 5.92 Å². The minimum Gasteiger partial charge on any atom is -0.497 e. The van der Waals surface area contributed by atoms with Crippen LogP contribution in [-0.4, -0.2) is 66.2 Å². The average Bonchev–Trinajstić information content (AvgIpc) is 3.76. The van der Waals surface area contributed by atoms with Crippen molar-refractivity contribution < 1.29 is 14.6 Å². The molecule has 0 radical (unpaired) electrons. The molecule has 5 heteroatoms. The summed E-state index contributed by atoms with van der Waals surface area (Å²) >= 11 is 0. The number of nitrogens with zero attached hydrogens (tertiary/aromatic N) is 2. The number of hydrogen-bond acceptors (Lipinski definition) is 4. The van der Waals surface area contributed by atoms with Crippen LogP contribution in [0.4, 0.5) is 0 Å².